The van der Waals surface area contributed by atoms with Crippen LogP contribution in [0.3, 0.4) is 0 Å². The van der Waals surface area contributed by atoms with Crippen LogP contribution in [0, 0.1) is 10.8 Å². The van der Waals surface area contributed by atoms with Gasteiger partial charge in [-0.3, -0.25) is 0 Å². The summed E-state index contributed by atoms with van der Waals surface area (Å²) in [5.74, 6) is -1.90. The first-order chi connectivity index (χ1) is 8.04. The minimum absolute atomic E-state index is 0.216. The van der Waals surface area contributed by atoms with Gasteiger partial charge in [-0.1, -0.05) is 39.8 Å². The van der Waals surface area contributed by atoms with Crippen molar-refractivity contribution in [3.05, 3.63) is 24.3 Å². The Balaban J connectivity index is 4.46. The van der Waals surface area contributed by atoms with Crippen LogP contribution in [0.5, 0.6) is 0 Å². The molecule has 0 rings (SSSR count). The molecule has 0 unspecified atom stereocenters. The van der Waals surface area contributed by atoms with Crippen molar-refractivity contribution in [1.82, 2.24) is 0 Å². The first-order valence-electron chi connectivity index (χ1n) is 5.88. The number of allylic oxidation sites excluding steroid dienone is 2. The number of carboxylic acid groups (broad SMARTS) is 2. The Bertz CT molecular complexity index is 326. The SMILES string of the molecule is CC(C)(C=CC(=O)O)CCC(C)(C)C=CC(=O)O. The third kappa shape index (κ3) is 8.56. The average molecular weight is 254 g/mol. The van der Waals surface area contributed by atoms with E-state index in [9.17, 15) is 9.59 Å². The number of carboxylic acids is 2. The lowest BCUT2D eigenvalue weighted by atomic mass is 9.78. The fourth-order valence-corrected chi connectivity index (χ4v) is 1.40. The highest BCUT2D eigenvalue weighted by Crippen LogP contribution is 2.32. The molecule has 0 aliphatic carbocycles. The Labute approximate surface area is 108 Å². The van der Waals surface area contributed by atoms with Crippen molar-refractivity contribution in [2.75, 3.05) is 0 Å². The van der Waals surface area contributed by atoms with Crippen LogP contribution in [-0.4, -0.2) is 22.2 Å². The molecule has 0 heterocycles. The Hall–Kier alpha value is -1.58. The lowest BCUT2D eigenvalue weighted by Crippen LogP contribution is -2.15. The van der Waals surface area contributed by atoms with Gasteiger partial charge in [0.2, 0.25) is 0 Å². The van der Waals surface area contributed by atoms with Gasteiger partial charge in [0, 0.05) is 12.2 Å². The van der Waals surface area contributed by atoms with E-state index < -0.39 is 11.9 Å². The second-order valence-corrected chi connectivity index (χ2v) is 5.82. The molecule has 4 heteroatoms. The third-order valence-electron chi connectivity index (χ3n) is 2.77. The van der Waals surface area contributed by atoms with E-state index >= 15 is 0 Å². The first kappa shape index (κ1) is 16.4. The van der Waals surface area contributed by atoms with Crippen LogP contribution in [-0.2, 0) is 9.59 Å². The molecule has 0 saturated heterocycles. The molecule has 4 nitrogen and oxygen atoms in total. The molecular weight excluding hydrogens is 232 g/mol. The molecule has 0 aliphatic rings. The van der Waals surface area contributed by atoms with Crippen molar-refractivity contribution in [2.45, 2.75) is 40.5 Å². The molecule has 102 valence electrons. The topological polar surface area (TPSA) is 74.6 Å². The Morgan fingerprint density at radius 2 is 1.11 bits per heavy atom. The zero-order chi connectivity index (χ0) is 14.4. The molecule has 0 fully saturated rings. The second-order valence-electron chi connectivity index (χ2n) is 5.82. The highest BCUT2D eigenvalue weighted by Gasteiger charge is 2.21. The molecule has 0 radical (unpaired) electrons. The molecule has 0 atom stereocenters. The summed E-state index contributed by atoms with van der Waals surface area (Å²) in [7, 11) is 0. The minimum atomic E-state index is -0.951. The summed E-state index contributed by atoms with van der Waals surface area (Å²) in [5, 5.41) is 17.2. The summed E-state index contributed by atoms with van der Waals surface area (Å²) >= 11 is 0. The normalized spacial score (nSPS) is 13.3. The van der Waals surface area contributed by atoms with Crippen LogP contribution in [0.15, 0.2) is 24.3 Å². The molecule has 0 amide bonds. The quantitative estimate of drug-likeness (QED) is 0.684. The summed E-state index contributed by atoms with van der Waals surface area (Å²) < 4.78 is 0. The monoisotopic (exact) mass is 254 g/mol. The number of aliphatic carboxylic acids is 2. The summed E-state index contributed by atoms with van der Waals surface area (Å²) in [6.07, 6.45) is 7.22. The molecule has 0 aliphatic heterocycles. The van der Waals surface area contributed by atoms with Crippen LogP contribution in [0.2, 0.25) is 0 Å². The Kier molecular flexibility index (Phi) is 5.82. The molecule has 18 heavy (non-hydrogen) atoms. The van der Waals surface area contributed by atoms with Crippen LogP contribution in [0.4, 0.5) is 0 Å². The molecule has 0 aromatic heterocycles. The zero-order valence-corrected chi connectivity index (χ0v) is 11.4. The van der Waals surface area contributed by atoms with Crippen LogP contribution in [0.1, 0.15) is 40.5 Å². The molecule has 0 bridgehead atoms. The largest absolute Gasteiger partial charge is 0.478 e. The minimum Gasteiger partial charge on any atom is -0.478 e. The van der Waals surface area contributed by atoms with Gasteiger partial charge in [0.1, 0.15) is 0 Å². The maximum atomic E-state index is 10.5. The fourth-order valence-electron chi connectivity index (χ4n) is 1.40. The van der Waals surface area contributed by atoms with E-state index in [1.807, 2.05) is 27.7 Å². The van der Waals surface area contributed by atoms with Gasteiger partial charge in [-0.25, -0.2) is 9.59 Å². The van der Waals surface area contributed by atoms with Crippen molar-refractivity contribution in [1.29, 1.82) is 0 Å². The average Bonchev–Trinajstić information content (AvgIpc) is 2.22. The fraction of sp³-hybridized carbons (Fsp3) is 0.571. The smallest absolute Gasteiger partial charge is 0.327 e. The van der Waals surface area contributed by atoms with Gasteiger partial charge in [-0.2, -0.15) is 0 Å². The van der Waals surface area contributed by atoms with Gasteiger partial charge in [0.05, 0.1) is 0 Å². The van der Waals surface area contributed by atoms with Gasteiger partial charge >= 0.3 is 11.9 Å². The highest BCUT2D eigenvalue weighted by atomic mass is 16.4. The second kappa shape index (κ2) is 6.38. The molecular formula is C14H22O4. The van der Waals surface area contributed by atoms with E-state index in [0.717, 1.165) is 25.0 Å². The molecule has 0 spiro atoms. The van der Waals surface area contributed by atoms with Gasteiger partial charge < -0.3 is 10.2 Å². The van der Waals surface area contributed by atoms with Gasteiger partial charge in [0.25, 0.3) is 0 Å². The summed E-state index contributed by atoms with van der Waals surface area (Å²) in [4.78, 5) is 20.9. The predicted octanol–water partition coefficient (Wildman–Crippen LogP) is 3.10. The number of carbonyl (C=O) groups is 2. The number of rotatable bonds is 7. The summed E-state index contributed by atoms with van der Waals surface area (Å²) in [6, 6.07) is 0. The molecule has 0 aromatic carbocycles. The van der Waals surface area contributed by atoms with Crippen molar-refractivity contribution >= 4 is 11.9 Å². The molecule has 0 aromatic rings. The van der Waals surface area contributed by atoms with Gasteiger partial charge in [0.15, 0.2) is 0 Å². The van der Waals surface area contributed by atoms with E-state index in [1.165, 1.54) is 0 Å². The standard InChI is InChI=1S/C14H22O4/c1-13(2,7-5-11(15)16)9-10-14(3,4)8-6-12(17)18/h5-8H,9-10H2,1-4H3,(H,15,16)(H,17,18). The van der Waals surface area contributed by atoms with E-state index in [-0.39, 0.29) is 10.8 Å². The Morgan fingerprint density at radius 1 is 0.833 bits per heavy atom. The van der Waals surface area contributed by atoms with Crippen LogP contribution in [0.25, 0.3) is 0 Å². The van der Waals surface area contributed by atoms with Gasteiger partial charge in [-0.05, 0) is 23.7 Å². The highest BCUT2D eigenvalue weighted by molar-refractivity contribution is 5.80. The van der Waals surface area contributed by atoms with Crippen molar-refractivity contribution in [3.8, 4) is 0 Å². The first-order valence-corrected chi connectivity index (χ1v) is 5.88. The van der Waals surface area contributed by atoms with E-state index in [4.69, 9.17) is 10.2 Å². The third-order valence-corrected chi connectivity index (χ3v) is 2.77. The van der Waals surface area contributed by atoms with Crippen molar-refractivity contribution in [2.24, 2.45) is 10.8 Å². The number of hydrogen-bond acceptors (Lipinski definition) is 2. The van der Waals surface area contributed by atoms with Crippen LogP contribution >= 0.6 is 0 Å². The summed E-state index contributed by atoms with van der Waals surface area (Å²) in [5.41, 5.74) is -0.431. The summed E-state index contributed by atoms with van der Waals surface area (Å²) in [6.45, 7) is 7.85. The van der Waals surface area contributed by atoms with Crippen molar-refractivity contribution < 1.29 is 19.8 Å². The van der Waals surface area contributed by atoms with Crippen LogP contribution < -0.4 is 0 Å². The van der Waals surface area contributed by atoms with Crippen molar-refractivity contribution in [3.63, 3.8) is 0 Å². The Morgan fingerprint density at radius 3 is 1.33 bits per heavy atom. The lowest BCUT2D eigenvalue weighted by Gasteiger charge is -2.26. The van der Waals surface area contributed by atoms with E-state index in [0.29, 0.717) is 0 Å². The number of hydrogen-bond donors (Lipinski definition) is 2. The molecule has 2 N–H and O–H groups in total. The maximum Gasteiger partial charge on any atom is 0.327 e. The molecule has 0 saturated carbocycles. The zero-order valence-electron chi connectivity index (χ0n) is 11.4. The van der Waals surface area contributed by atoms with E-state index in [1.54, 1.807) is 12.2 Å². The predicted molar refractivity (Wildman–Crippen MR) is 70.3 cm³/mol. The maximum absolute atomic E-state index is 10.5. The van der Waals surface area contributed by atoms with Gasteiger partial charge in [-0.15, -0.1) is 0 Å². The lowest BCUT2D eigenvalue weighted by molar-refractivity contribution is -0.132. The van der Waals surface area contributed by atoms with E-state index in [2.05, 4.69) is 0 Å².